The summed E-state index contributed by atoms with van der Waals surface area (Å²) in [6, 6.07) is 8.35. The molecule has 4 rings (SSSR count). The summed E-state index contributed by atoms with van der Waals surface area (Å²) in [6.45, 7) is 5.22. The predicted molar refractivity (Wildman–Crippen MR) is 102 cm³/mol. The van der Waals surface area contributed by atoms with Crippen molar-refractivity contribution in [1.82, 2.24) is 5.32 Å². The lowest BCUT2D eigenvalue weighted by Crippen LogP contribution is -2.59. The molecule has 2 bridgehead atoms. The fourth-order valence-electron chi connectivity index (χ4n) is 6.25. The second-order valence-corrected chi connectivity index (χ2v) is 9.09. The first kappa shape index (κ1) is 18.8. The summed E-state index contributed by atoms with van der Waals surface area (Å²) in [5.41, 5.74) is 1.36. The molecule has 3 fully saturated rings. The first-order valence-corrected chi connectivity index (χ1v) is 10.1. The van der Waals surface area contributed by atoms with Crippen LogP contribution in [0.5, 0.6) is 5.75 Å². The van der Waals surface area contributed by atoms with Crippen molar-refractivity contribution in [3.63, 3.8) is 0 Å². The third-order valence-corrected chi connectivity index (χ3v) is 7.59. The monoisotopic (exact) mass is 373 g/mol. The summed E-state index contributed by atoms with van der Waals surface area (Å²) in [6.07, 6.45) is 3.55. The van der Waals surface area contributed by atoms with Crippen LogP contribution in [-0.2, 0) is 9.53 Å². The Morgan fingerprint density at radius 2 is 2.07 bits per heavy atom. The molecule has 2 N–H and O–H groups in total. The normalized spacial score (nSPS) is 36.3. The van der Waals surface area contributed by atoms with Crippen LogP contribution in [0.2, 0.25) is 0 Å². The number of ether oxygens (including phenoxy) is 2. The molecular weight excluding hydrogens is 342 g/mol. The van der Waals surface area contributed by atoms with Crippen molar-refractivity contribution in [2.75, 3.05) is 20.3 Å². The molecule has 1 amide bonds. The van der Waals surface area contributed by atoms with Gasteiger partial charge in [0.1, 0.15) is 5.75 Å². The van der Waals surface area contributed by atoms with Crippen LogP contribution in [-0.4, -0.2) is 37.4 Å². The van der Waals surface area contributed by atoms with Crippen molar-refractivity contribution in [2.45, 2.75) is 51.7 Å². The highest BCUT2D eigenvalue weighted by Crippen LogP contribution is 2.70. The summed E-state index contributed by atoms with van der Waals surface area (Å²) >= 11 is 0. The van der Waals surface area contributed by atoms with Crippen molar-refractivity contribution >= 4 is 5.91 Å². The molecule has 1 aromatic rings. The van der Waals surface area contributed by atoms with Crippen molar-refractivity contribution < 1.29 is 19.4 Å². The van der Waals surface area contributed by atoms with Gasteiger partial charge in [-0.15, -0.1) is 0 Å². The first-order chi connectivity index (χ1) is 12.9. The molecule has 2 aliphatic carbocycles. The van der Waals surface area contributed by atoms with E-state index in [2.05, 4.69) is 31.3 Å². The van der Waals surface area contributed by atoms with Crippen LogP contribution in [0.4, 0.5) is 0 Å². The average molecular weight is 373 g/mol. The van der Waals surface area contributed by atoms with Crippen LogP contribution >= 0.6 is 0 Å². The van der Waals surface area contributed by atoms with E-state index in [4.69, 9.17) is 14.6 Å². The fraction of sp³-hybridized carbons (Fsp3) is 0.682. The lowest BCUT2D eigenvalue weighted by molar-refractivity contribution is -0.137. The van der Waals surface area contributed by atoms with E-state index >= 15 is 0 Å². The second kappa shape index (κ2) is 6.78. The molecule has 0 aromatic heterocycles. The highest BCUT2D eigenvalue weighted by molar-refractivity contribution is 5.76. The van der Waals surface area contributed by atoms with Crippen molar-refractivity contribution in [3.05, 3.63) is 29.8 Å². The van der Waals surface area contributed by atoms with Crippen LogP contribution in [0.15, 0.2) is 24.3 Å². The molecule has 1 spiro atoms. The van der Waals surface area contributed by atoms with E-state index in [1.165, 1.54) is 5.56 Å². The topological polar surface area (TPSA) is 67.8 Å². The van der Waals surface area contributed by atoms with Gasteiger partial charge in [-0.3, -0.25) is 4.79 Å². The molecule has 5 heteroatoms. The Labute approximate surface area is 161 Å². The number of rotatable bonds is 5. The quantitative estimate of drug-likeness (QED) is 0.832. The average Bonchev–Trinajstić information content (AvgIpc) is 3.15. The van der Waals surface area contributed by atoms with Gasteiger partial charge in [-0.25, -0.2) is 0 Å². The minimum Gasteiger partial charge on any atom is -0.497 e. The van der Waals surface area contributed by atoms with Gasteiger partial charge in [0.05, 0.1) is 19.8 Å². The molecule has 0 radical (unpaired) electrons. The van der Waals surface area contributed by atoms with Gasteiger partial charge in [-0.1, -0.05) is 26.0 Å². The summed E-state index contributed by atoms with van der Waals surface area (Å²) in [5, 5.41) is 12.5. The highest BCUT2D eigenvalue weighted by atomic mass is 16.5. The number of methoxy groups -OCH3 is 1. The Hall–Kier alpha value is -1.59. The number of carbonyl (C=O) groups excluding carboxylic acids is 1. The zero-order chi connectivity index (χ0) is 19.2. The number of aliphatic hydroxyl groups is 1. The van der Waals surface area contributed by atoms with Crippen LogP contribution in [0, 0.1) is 22.7 Å². The van der Waals surface area contributed by atoms with Crippen LogP contribution < -0.4 is 10.1 Å². The summed E-state index contributed by atoms with van der Waals surface area (Å²) in [4.78, 5) is 12.3. The van der Waals surface area contributed by atoms with Crippen molar-refractivity contribution in [3.8, 4) is 5.75 Å². The van der Waals surface area contributed by atoms with Crippen molar-refractivity contribution in [2.24, 2.45) is 22.7 Å². The third kappa shape index (κ3) is 2.87. The molecule has 27 heavy (non-hydrogen) atoms. The molecule has 1 aliphatic heterocycles. The predicted octanol–water partition coefficient (Wildman–Crippen LogP) is 3.08. The number of nitrogens with one attached hydrogen (secondary N) is 1. The van der Waals surface area contributed by atoms with E-state index in [-0.39, 0.29) is 41.9 Å². The van der Waals surface area contributed by atoms with Gasteiger partial charge < -0.3 is 19.9 Å². The van der Waals surface area contributed by atoms with Gasteiger partial charge in [0.2, 0.25) is 5.91 Å². The molecule has 5 nitrogen and oxygen atoms in total. The largest absolute Gasteiger partial charge is 0.497 e. The maximum absolute atomic E-state index is 12.3. The van der Waals surface area contributed by atoms with E-state index < -0.39 is 0 Å². The van der Waals surface area contributed by atoms with Crippen molar-refractivity contribution in [1.29, 1.82) is 0 Å². The van der Waals surface area contributed by atoms with Crippen LogP contribution in [0.25, 0.3) is 0 Å². The number of aliphatic hydroxyl groups excluding tert-OH is 1. The van der Waals surface area contributed by atoms with Crippen LogP contribution in [0.3, 0.4) is 0 Å². The van der Waals surface area contributed by atoms with Gasteiger partial charge in [0.25, 0.3) is 0 Å². The Morgan fingerprint density at radius 3 is 2.74 bits per heavy atom. The lowest BCUT2D eigenvalue weighted by atomic mass is 9.59. The third-order valence-electron chi connectivity index (χ3n) is 7.59. The molecule has 1 aromatic carbocycles. The number of hydrogen-bond donors (Lipinski definition) is 2. The van der Waals surface area contributed by atoms with E-state index in [1.807, 2.05) is 12.1 Å². The van der Waals surface area contributed by atoms with E-state index in [0.717, 1.165) is 31.6 Å². The molecule has 1 saturated heterocycles. The SMILES string of the molecule is COc1ccc([C@H]2OCC[C@@]34C[C@@H](C[C@H]23)C(C)(C)[C@H]4NC(=O)CCO)cc1. The van der Waals surface area contributed by atoms with Gasteiger partial charge >= 0.3 is 0 Å². The molecule has 1 heterocycles. The summed E-state index contributed by atoms with van der Waals surface area (Å²) in [7, 11) is 1.68. The highest BCUT2D eigenvalue weighted by Gasteiger charge is 2.68. The minimum absolute atomic E-state index is 0.0382. The zero-order valence-electron chi connectivity index (χ0n) is 16.5. The standard InChI is InChI=1S/C22H31NO4/c1-21(2)15-12-17-19(14-4-6-16(26-3)7-5-14)27-11-9-22(17,13-15)20(21)23-18(25)8-10-24/h4-7,15,17,19-20,24H,8-13H2,1-3H3,(H,23,25)/t15-,17-,19-,20-,22-/m1/s1. The number of carbonyl (C=O) groups is 1. The Balaban J connectivity index is 1.64. The number of amides is 1. The molecule has 2 saturated carbocycles. The van der Waals surface area contributed by atoms with E-state index in [9.17, 15) is 4.79 Å². The molecule has 0 unspecified atom stereocenters. The van der Waals surface area contributed by atoms with Gasteiger partial charge in [0.15, 0.2) is 0 Å². The molecular formula is C22H31NO4. The van der Waals surface area contributed by atoms with Gasteiger partial charge in [-0.2, -0.15) is 0 Å². The minimum atomic E-state index is -0.101. The first-order valence-electron chi connectivity index (χ1n) is 10.1. The Morgan fingerprint density at radius 1 is 1.33 bits per heavy atom. The zero-order valence-corrected chi connectivity index (χ0v) is 16.5. The van der Waals surface area contributed by atoms with E-state index in [0.29, 0.717) is 11.8 Å². The lowest BCUT2D eigenvalue weighted by Gasteiger charge is -2.53. The Kier molecular flexibility index (Phi) is 4.71. The maximum atomic E-state index is 12.3. The smallest absolute Gasteiger partial charge is 0.222 e. The summed E-state index contributed by atoms with van der Waals surface area (Å²) < 4.78 is 11.6. The molecule has 5 atom stereocenters. The molecule has 148 valence electrons. The van der Waals surface area contributed by atoms with E-state index in [1.54, 1.807) is 7.11 Å². The summed E-state index contributed by atoms with van der Waals surface area (Å²) in [5.74, 6) is 1.82. The number of fused-ring (bicyclic) bond motifs is 1. The van der Waals surface area contributed by atoms with Gasteiger partial charge in [0, 0.05) is 19.1 Å². The second-order valence-electron chi connectivity index (χ2n) is 9.09. The maximum Gasteiger partial charge on any atom is 0.222 e. The Bertz CT molecular complexity index is 701. The molecule has 3 aliphatic rings. The number of hydrogen-bond acceptors (Lipinski definition) is 4. The fourth-order valence-corrected chi connectivity index (χ4v) is 6.25. The van der Waals surface area contributed by atoms with Gasteiger partial charge in [-0.05, 0) is 59.6 Å². The number of benzene rings is 1. The van der Waals surface area contributed by atoms with Crippen LogP contribution in [0.1, 0.15) is 51.2 Å².